The van der Waals surface area contributed by atoms with Gasteiger partial charge in [-0.3, -0.25) is 4.68 Å². The second-order valence-electron chi connectivity index (χ2n) is 8.07. The highest BCUT2D eigenvalue weighted by Crippen LogP contribution is 2.30. The van der Waals surface area contributed by atoms with Crippen molar-refractivity contribution in [2.75, 3.05) is 13.6 Å². The minimum atomic E-state index is -3.51. The Bertz CT molecular complexity index is 969. The Kier molecular flexibility index (Phi) is 6.82. The molecule has 2 heterocycles. The second kappa shape index (κ2) is 9.18. The Morgan fingerprint density at radius 2 is 1.97 bits per heavy atom. The molecule has 1 aliphatic heterocycles. The zero-order chi connectivity index (χ0) is 21.9. The van der Waals surface area contributed by atoms with Gasteiger partial charge in [-0.1, -0.05) is 12.1 Å². The lowest BCUT2D eigenvalue weighted by atomic mass is 9.98. The topological polar surface area (TPSA) is 87.5 Å². The van der Waals surface area contributed by atoms with E-state index in [9.17, 15) is 13.2 Å². The van der Waals surface area contributed by atoms with E-state index in [2.05, 4.69) is 10.4 Å². The molecule has 0 bridgehead atoms. The van der Waals surface area contributed by atoms with Crippen molar-refractivity contribution < 1.29 is 13.2 Å². The summed E-state index contributed by atoms with van der Waals surface area (Å²) in [6.07, 6.45) is 6.78. The lowest BCUT2D eigenvalue weighted by Gasteiger charge is -2.35. The molecule has 0 radical (unpaired) electrons. The Morgan fingerprint density at radius 3 is 2.57 bits per heavy atom. The molecule has 2 aromatic rings. The van der Waals surface area contributed by atoms with E-state index in [0.717, 1.165) is 30.4 Å². The van der Waals surface area contributed by atoms with Crippen LogP contribution in [0.4, 0.5) is 4.79 Å². The van der Waals surface area contributed by atoms with E-state index in [1.165, 1.54) is 4.31 Å². The summed E-state index contributed by atoms with van der Waals surface area (Å²) in [7, 11) is -0.0601. The zero-order valence-electron chi connectivity index (χ0n) is 18.1. The van der Waals surface area contributed by atoms with Gasteiger partial charge in [0.25, 0.3) is 0 Å². The van der Waals surface area contributed by atoms with Gasteiger partial charge in [0, 0.05) is 45.0 Å². The van der Waals surface area contributed by atoms with Gasteiger partial charge >= 0.3 is 6.03 Å². The molecule has 1 aromatic carbocycles. The highest BCUT2D eigenvalue weighted by atomic mass is 32.2. The molecule has 1 aliphatic rings. The molecule has 8 nitrogen and oxygen atoms in total. The largest absolute Gasteiger partial charge is 0.334 e. The van der Waals surface area contributed by atoms with Crippen molar-refractivity contribution in [3.05, 3.63) is 47.8 Å². The van der Waals surface area contributed by atoms with Crippen LogP contribution in [0, 0.1) is 0 Å². The molecule has 1 saturated heterocycles. The molecule has 0 saturated carbocycles. The van der Waals surface area contributed by atoms with Gasteiger partial charge < -0.3 is 10.2 Å². The minimum absolute atomic E-state index is 0.0338. The predicted octanol–water partition coefficient (Wildman–Crippen LogP) is 2.89. The number of piperidine rings is 1. The average Bonchev–Trinajstić information content (AvgIpc) is 3.17. The van der Waals surface area contributed by atoms with Crippen LogP contribution in [0.25, 0.3) is 0 Å². The molecule has 164 valence electrons. The fraction of sp³-hybridized carbons (Fsp3) is 0.524. The summed E-state index contributed by atoms with van der Waals surface area (Å²) >= 11 is 0. The monoisotopic (exact) mass is 433 g/mol. The standard InChI is InChI=1S/C21H31N5O3S/c1-16(2)25(4)30(28,29)19-10-8-17(9-11-19)13-22-21(27)26-12-6-5-7-20(26)18-14-23-24(3)15-18/h8-11,14-16,20H,5-7,12-13H2,1-4H3,(H,22,27). The summed E-state index contributed by atoms with van der Waals surface area (Å²) in [5.74, 6) is 0. The molecule has 1 atom stereocenters. The average molecular weight is 434 g/mol. The second-order valence-corrected chi connectivity index (χ2v) is 10.1. The molecular weight excluding hydrogens is 402 g/mol. The number of nitrogens with one attached hydrogen (secondary N) is 1. The SMILES string of the molecule is CC(C)N(C)S(=O)(=O)c1ccc(CNC(=O)N2CCCCC2c2cnn(C)c2)cc1. The van der Waals surface area contributed by atoms with Gasteiger partial charge in [0.1, 0.15) is 0 Å². The molecule has 9 heteroatoms. The summed E-state index contributed by atoms with van der Waals surface area (Å²) in [6.45, 7) is 4.72. The van der Waals surface area contributed by atoms with E-state index in [-0.39, 0.29) is 23.0 Å². The molecule has 1 aromatic heterocycles. The van der Waals surface area contributed by atoms with Gasteiger partial charge in [0.2, 0.25) is 10.0 Å². The molecular formula is C21H31N5O3S. The number of hydrogen-bond donors (Lipinski definition) is 1. The molecule has 30 heavy (non-hydrogen) atoms. The van der Waals surface area contributed by atoms with Crippen molar-refractivity contribution in [2.45, 2.75) is 56.6 Å². The molecule has 1 unspecified atom stereocenters. The highest BCUT2D eigenvalue weighted by molar-refractivity contribution is 7.89. The Morgan fingerprint density at radius 1 is 1.27 bits per heavy atom. The number of aromatic nitrogens is 2. The van der Waals surface area contributed by atoms with Gasteiger partial charge in [-0.05, 0) is 50.8 Å². The number of nitrogens with zero attached hydrogens (tertiary/aromatic N) is 4. The number of likely N-dealkylation sites (tertiary alicyclic amines) is 1. The number of hydrogen-bond acceptors (Lipinski definition) is 4. The fourth-order valence-corrected chi connectivity index (χ4v) is 5.00. The first-order chi connectivity index (χ1) is 14.2. The first kappa shape index (κ1) is 22.3. The number of amides is 2. The van der Waals surface area contributed by atoms with Crippen LogP contribution in [-0.4, -0.2) is 53.1 Å². The van der Waals surface area contributed by atoms with Crippen LogP contribution in [0.15, 0.2) is 41.6 Å². The van der Waals surface area contributed by atoms with Crippen molar-refractivity contribution in [2.24, 2.45) is 7.05 Å². The molecule has 1 fully saturated rings. The predicted molar refractivity (Wildman–Crippen MR) is 115 cm³/mol. The molecule has 0 spiro atoms. The fourth-order valence-electron chi connectivity index (χ4n) is 3.64. The lowest BCUT2D eigenvalue weighted by Crippen LogP contribution is -2.44. The maximum Gasteiger partial charge on any atom is 0.318 e. The first-order valence-corrected chi connectivity index (χ1v) is 11.7. The number of urea groups is 1. The van der Waals surface area contributed by atoms with Crippen molar-refractivity contribution in [3.8, 4) is 0 Å². The Hall–Kier alpha value is -2.39. The molecule has 1 N–H and O–H groups in total. The minimum Gasteiger partial charge on any atom is -0.334 e. The quantitative estimate of drug-likeness (QED) is 0.759. The Balaban J connectivity index is 1.64. The molecule has 0 aliphatic carbocycles. The smallest absolute Gasteiger partial charge is 0.318 e. The van der Waals surface area contributed by atoms with Crippen LogP contribution in [0.1, 0.15) is 50.3 Å². The third-order valence-electron chi connectivity index (χ3n) is 5.64. The van der Waals surface area contributed by atoms with Crippen LogP contribution < -0.4 is 5.32 Å². The normalized spacial score (nSPS) is 17.5. The van der Waals surface area contributed by atoms with Gasteiger partial charge in [0.15, 0.2) is 0 Å². The van der Waals surface area contributed by atoms with Gasteiger partial charge in [0.05, 0.1) is 17.1 Å². The number of aryl methyl sites for hydroxylation is 1. The van der Waals surface area contributed by atoms with Crippen molar-refractivity contribution in [1.29, 1.82) is 0 Å². The number of rotatable bonds is 6. The number of carbonyl (C=O) groups excluding carboxylic acids is 1. The maximum atomic E-state index is 12.8. The molecule has 2 amide bonds. The summed E-state index contributed by atoms with van der Waals surface area (Å²) in [5.41, 5.74) is 1.90. The van der Waals surface area contributed by atoms with Crippen LogP contribution in [0.3, 0.4) is 0 Å². The van der Waals surface area contributed by atoms with Crippen molar-refractivity contribution >= 4 is 16.1 Å². The third kappa shape index (κ3) is 4.84. The summed E-state index contributed by atoms with van der Waals surface area (Å²) in [4.78, 5) is 15.0. The van der Waals surface area contributed by atoms with E-state index < -0.39 is 10.0 Å². The van der Waals surface area contributed by atoms with Crippen LogP contribution in [0.5, 0.6) is 0 Å². The zero-order valence-corrected chi connectivity index (χ0v) is 18.9. The third-order valence-corrected chi connectivity index (χ3v) is 7.69. The summed E-state index contributed by atoms with van der Waals surface area (Å²) in [6, 6.07) is 6.48. The van der Waals surface area contributed by atoms with Crippen LogP contribution in [0.2, 0.25) is 0 Å². The van der Waals surface area contributed by atoms with E-state index >= 15 is 0 Å². The van der Waals surface area contributed by atoms with Gasteiger partial charge in [-0.15, -0.1) is 0 Å². The summed E-state index contributed by atoms with van der Waals surface area (Å²) in [5, 5.41) is 7.21. The number of sulfonamides is 1. The van der Waals surface area contributed by atoms with Crippen LogP contribution in [-0.2, 0) is 23.6 Å². The maximum absolute atomic E-state index is 12.8. The number of benzene rings is 1. The number of carbonyl (C=O) groups is 1. The van der Waals surface area contributed by atoms with Crippen molar-refractivity contribution in [3.63, 3.8) is 0 Å². The van der Waals surface area contributed by atoms with E-state index in [1.54, 1.807) is 36.0 Å². The summed E-state index contributed by atoms with van der Waals surface area (Å²) < 4.78 is 28.2. The highest BCUT2D eigenvalue weighted by Gasteiger charge is 2.29. The lowest BCUT2D eigenvalue weighted by molar-refractivity contribution is 0.151. The van der Waals surface area contributed by atoms with Gasteiger partial charge in [-0.2, -0.15) is 9.40 Å². The van der Waals surface area contributed by atoms with Crippen LogP contribution >= 0.6 is 0 Å². The van der Waals surface area contributed by atoms with E-state index in [0.29, 0.717) is 13.1 Å². The Labute approximate surface area is 178 Å². The molecule has 3 rings (SSSR count). The first-order valence-electron chi connectivity index (χ1n) is 10.3. The van der Waals surface area contributed by atoms with Gasteiger partial charge in [-0.25, -0.2) is 13.2 Å². The van der Waals surface area contributed by atoms with E-state index in [4.69, 9.17) is 0 Å². The van der Waals surface area contributed by atoms with E-state index in [1.807, 2.05) is 38.2 Å². The van der Waals surface area contributed by atoms with Crippen molar-refractivity contribution in [1.82, 2.24) is 24.3 Å².